The van der Waals surface area contributed by atoms with Crippen LogP contribution < -0.4 is 4.74 Å². The molecule has 88 valence electrons. The number of hydrogen-bond acceptors (Lipinski definition) is 1. The van der Waals surface area contributed by atoms with Crippen LogP contribution in [0.3, 0.4) is 0 Å². The third-order valence-corrected chi connectivity index (χ3v) is 3.08. The lowest BCUT2D eigenvalue weighted by molar-refractivity contribution is 0.472. The van der Waals surface area contributed by atoms with Crippen molar-refractivity contribution in [2.75, 3.05) is 0 Å². The Morgan fingerprint density at radius 1 is 1.12 bits per heavy atom. The summed E-state index contributed by atoms with van der Waals surface area (Å²) in [6.07, 6.45) is 0. The van der Waals surface area contributed by atoms with Crippen molar-refractivity contribution in [1.82, 2.24) is 0 Å². The third kappa shape index (κ3) is 2.86. The minimum Gasteiger partial charge on any atom is -0.457 e. The lowest BCUT2D eigenvalue weighted by atomic mass is 10.2. The van der Waals surface area contributed by atoms with Crippen molar-refractivity contribution in [3.05, 3.63) is 59.4 Å². The van der Waals surface area contributed by atoms with Crippen LogP contribution in [-0.4, -0.2) is 0 Å². The topological polar surface area (TPSA) is 9.23 Å². The minimum atomic E-state index is -0.247. The van der Waals surface area contributed by atoms with Gasteiger partial charge in [-0.15, -0.1) is 0 Å². The second kappa shape index (κ2) is 5.32. The second-order valence-electron chi connectivity index (χ2n) is 3.75. The van der Waals surface area contributed by atoms with E-state index in [9.17, 15) is 4.39 Å². The van der Waals surface area contributed by atoms with Crippen LogP contribution in [0.2, 0.25) is 0 Å². The SMILES string of the molecule is Cc1cc(F)ccc1Oc1ccccc1CBr. The van der Waals surface area contributed by atoms with E-state index in [-0.39, 0.29) is 5.82 Å². The van der Waals surface area contributed by atoms with Gasteiger partial charge in [-0.3, -0.25) is 0 Å². The zero-order chi connectivity index (χ0) is 12.3. The van der Waals surface area contributed by atoms with Gasteiger partial charge in [0.2, 0.25) is 0 Å². The van der Waals surface area contributed by atoms with Crippen molar-refractivity contribution in [2.45, 2.75) is 12.3 Å². The van der Waals surface area contributed by atoms with Crippen LogP contribution in [0.25, 0.3) is 0 Å². The van der Waals surface area contributed by atoms with E-state index < -0.39 is 0 Å². The number of halogens is 2. The van der Waals surface area contributed by atoms with Gasteiger partial charge in [0, 0.05) is 10.9 Å². The van der Waals surface area contributed by atoms with Gasteiger partial charge in [-0.2, -0.15) is 0 Å². The first kappa shape index (κ1) is 12.1. The molecule has 0 aromatic heterocycles. The normalized spacial score (nSPS) is 10.3. The fourth-order valence-electron chi connectivity index (χ4n) is 1.56. The highest BCUT2D eigenvalue weighted by Gasteiger charge is 2.06. The molecule has 0 atom stereocenters. The lowest BCUT2D eigenvalue weighted by Gasteiger charge is -2.11. The maximum Gasteiger partial charge on any atom is 0.131 e. The molecule has 0 N–H and O–H groups in total. The van der Waals surface area contributed by atoms with E-state index in [4.69, 9.17) is 4.74 Å². The van der Waals surface area contributed by atoms with Crippen molar-refractivity contribution in [3.63, 3.8) is 0 Å². The van der Waals surface area contributed by atoms with Crippen molar-refractivity contribution < 1.29 is 9.13 Å². The number of benzene rings is 2. The summed E-state index contributed by atoms with van der Waals surface area (Å²) in [5, 5.41) is 0.726. The minimum absolute atomic E-state index is 0.247. The molecule has 0 heterocycles. The summed E-state index contributed by atoms with van der Waals surface area (Å²) in [5.41, 5.74) is 1.85. The monoisotopic (exact) mass is 294 g/mol. The van der Waals surface area contributed by atoms with E-state index in [0.717, 1.165) is 22.2 Å². The molecule has 1 nitrogen and oxygen atoms in total. The van der Waals surface area contributed by atoms with Crippen molar-refractivity contribution >= 4 is 15.9 Å². The van der Waals surface area contributed by atoms with Crippen molar-refractivity contribution in [3.8, 4) is 11.5 Å². The van der Waals surface area contributed by atoms with Crippen LogP contribution >= 0.6 is 15.9 Å². The molecule has 3 heteroatoms. The smallest absolute Gasteiger partial charge is 0.131 e. The number of ether oxygens (including phenoxy) is 1. The van der Waals surface area contributed by atoms with Crippen LogP contribution in [0, 0.1) is 12.7 Å². The third-order valence-electron chi connectivity index (χ3n) is 2.47. The number of rotatable bonds is 3. The fourth-order valence-corrected chi connectivity index (χ4v) is 2.02. The highest BCUT2D eigenvalue weighted by Crippen LogP contribution is 2.29. The first-order valence-corrected chi connectivity index (χ1v) is 6.40. The first-order valence-electron chi connectivity index (χ1n) is 5.28. The molecule has 0 amide bonds. The quantitative estimate of drug-likeness (QED) is 0.737. The Kier molecular flexibility index (Phi) is 3.79. The van der Waals surface area contributed by atoms with E-state index in [2.05, 4.69) is 15.9 Å². The van der Waals surface area contributed by atoms with E-state index in [0.29, 0.717) is 5.75 Å². The number of hydrogen-bond donors (Lipinski definition) is 0. The first-order chi connectivity index (χ1) is 8.20. The molecule has 0 unspecified atom stereocenters. The second-order valence-corrected chi connectivity index (χ2v) is 4.31. The number of alkyl halides is 1. The molecular formula is C14H12BrFO. The lowest BCUT2D eigenvalue weighted by Crippen LogP contribution is -1.91. The van der Waals surface area contributed by atoms with Gasteiger partial charge in [0.15, 0.2) is 0 Å². The number of para-hydroxylation sites is 1. The highest BCUT2D eigenvalue weighted by molar-refractivity contribution is 9.08. The fraction of sp³-hybridized carbons (Fsp3) is 0.143. The Balaban J connectivity index is 2.31. The Hall–Kier alpha value is -1.35. The van der Waals surface area contributed by atoms with Crippen LogP contribution in [0.5, 0.6) is 11.5 Å². The summed E-state index contributed by atoms with van der Waals surface area (Å²) >= 11 is 3.41. The van der Waals surface area contributed by atoms with Crippen molar-refractivity contribution in [2.24, 2.45) is 0 Å². The molecule has 2 rings (SSSR count). The molecule has 0 aliphatic rings. The van der Waals surface area contributed by atoms with Gasteiger partial charge in [0.25, 0.3) is 0 Å². The molecule has 0 saturated carbocycles. The maximum atomic E-state index is 13.0. The van der Waals surface area contributed by atoms with E-state index in [1.54, 1.807) is 6.07 Å². The molecule has 0 spiro atoms. The summed E-state index contributed by atoms with van der Waals surface area (Å²) in [6.45, 7) is 1.83. The molecule has 0 fully saturated rings. The Morgan fingerprint density at radius 2 is 1.88 bits per heavy atom. The van der Waals surface area contributed by atoms with Gasteiger partial charge < -0.3 is 4.74 Å². The van der Waals surface area contributed by atoms with Crippen LogP contribution in [0.1, 0.15) is 11.1 Å². The van der Waals surface area contributed by atoms with Crippen LogP contribution in [-0.2, 0) is 5.33 Å². The van der Waals surface area contributed by atoms with Crippen molar-refractivity contribution in [1.29, 1.82) is 0 Å². The Bertz CT molecular complexity index is 525. The average molecular weight is 295 g/mol. The summed E-state index contributed by atoms with van der Waals surface area (Å²) in [7, 11) is 0. The largest absolute Gasteiger partial charge is 0.457 e. The Labute approximate surface area is 108 Å². The van der Waals surface area contributed by atoms with Crippen LogP contribution in [0.15, 0.2) is 42.5 Å². The average Bonchev–Trinajstić information content (AvgIpc) is 2.33. The molecule has 2 aromatic rings. The van der Waals surface area contributed by atoms with E-state index >= 15 is 0 Å². The van der Waals surface area contributed by atoms with Crippen LogP contribution in [0.4, 0.5) is 4.39 Å². The summed E-state index contributed by atoms with van der Waals surface area (Å²) < 4.78 is 18.8. The maximum absolute atomic E-state index is 13.0. The summed E-state index contributed by atoms with van der Waals surface area (Å²) in [6, 6.07) is 12.3. The predicted octanol–water partition coefficient (Wildman–Crippen LogP) is 4.82. The van der Waals surface area contributed by atoms with E-state index in [1.165, 1.54) is 12.1 Å². The zero-order valence-corrected chi connectivity index (χ0v) is 11.0. The highest BCUT2D eigenvalue weighted by atomic mass is 79.9. The van der Waals surface area contributed by atoms with Gasteiger partial charge in [-0.05, 0) is 36.8 Å². The van der Waals surface area contributed by atoms with Gasteiger partial charge in [-0.1, -0.05) is 34.1 Å². The Morgan fingerprint density at radius 3 is 2.59 bits per heavy atom. The zero-order valence-electron chi connectivity index (χ0n) is 9.41. The number of aryl methyl sites for hydroxylation is 1. The summed E-state index contributed by atoms with van der Waals surface area (Å²) in [4.78, 5) is 0. The molecule has 0 saturated heterocycles. The van der Waals surface area contributed by atoms with E-state index in [1.807, 2.05) is 31.2 Å². The molecule has 2 aromatic carbocycles. The molecule has 0 aliphatic heterocycles. The van der Waals surface area contributed by atoms with Gasteiger partial charge in [0.05, 0.1) is 0 Å². The van der Waals surface area contributed by atoms with Gasteiger partial charge in [0.1, 0.15) is 17.3 Å². The molecule has 0 bridgehead atoms. The van der Waals surface area contributed by atoms with Gasteiger partial charge >= 0.3 is 0 Å². The molecular weight excluding hydrogens is 283 g/mol. The standard InChI is InChI=1S/C14H12BrFO/c1-10-8-12(16)6-7-13(10)17-14-5-3-2-4-11(14)9-15/h2-8H,9H2,1H3. The molecule has 0 aliphatic carbocycles. The van der Waals surface area contributed by atoms with Gasteiger partial charge in [-0.25, -0.2) is 4.39 Å². The molecule has 17 heavy (non-hydrogen) atoms. The summed E-state index contributed by atoms with van der Waals surface area (Å²) in [5.74, 6) is 1.22. The molecule has 0 radical (unpaired) electrons. The predicted molar refractivity (Wildman–Crippen MR) is 70.3 cm³/mol.